The molecule has 45 heavy (non-hydrogen) atoms. The van der Waals surface area contributed by atoms with Crippen molar-refractivity contribution in [3.05, 3.63) is 75.4 Å². The molecule has 0 spiro atoms. The van der Waals surface area contributed by atoms with E-state index in [9.17, 15) is 19.2 Å². The molecule has 4 rings (SSSR count). The van der Waals surface area contributed by atoms with Gasteiger partial charge in [-0.2, -0.15) is 0 Å². The lowest BCUT2D eigenvalue weighted by atomic mass is 9.95. The summed E-state index contributed by atoms with van der Waals surface area (Å²) >= 11 is 0. The smallest absolute Gasteiger partial charge is 0.248 e. The molecule has 0 fully saturated rings. The molecule has 11 nitrogen and oxygen atoms in total. The van der Waals surface area contributed by atoms with Gasteiger partial charge in [0.25, 0.3) is 0 Å². The summed E-state index contributed by atoms with van der Waals surface area (Å²) in [4.78, 5) is 50.9. The highest BCUT2D eigenvalue weighted by molar-refractivity contribution is 5.98. The Morgan fingerprint density at radius 3 is 2.22 bits per heavy atom. The van der Waals surface area contributed by atoms with Crippen LogP contribution in [0.15, 0.2) is 53.3 Å². The molecule has 0 radical (unpaired) electrons. The number of nitrogens with two attached hydrogens (primary N) is 1. The molecule has 3 aromatic carbocycles. The second kappa shape index (κ2) is 14.1. The van der Waals surface area contributed by atoms with Crippen LogP contribution in [0.25, 0.3) is 11.1 Å². The molecule has 2 atom stereocenters. The molecule has 5 N–H and O–H groups in total. The summed E-state index contributed by atoms with van der Waals surface area (Å²) in [7, 11) is 4.62. The van der Waals surface area contributed by atoms with Crippen molar-refractivity contribution in [3.63, 3.8) is 0 Å². The lowest BCUT2D eigenvalue weighted by molar-refractivity contribution is -0.120. The fraction of sp³-hybridized carbons (Fsp3) is 0.353. The molecular weight excluding hydrogens is 576 g/mol. The summed E-state index contributed by atoms with van der Waals surface area (Å²) in [5.41, 5.74) is 8.95. The van der Waals surface area contributed by atoms with Gasteiger partial charge in [-0.25, -0.2) is 0 Å². The van der Waals surface area contributed by atoms with Gasteiger partial charge in [0.05, 0.1) is 33.1 Å². The number of methoxy groups -OCH3 is 3. The van der Waals surface area contributed by atoms with Crippen LogP contribution in [0.3, 0.4) is 0 Å². The lowest BCUT2D eigenvalue weighted by Crippen LogP contribution is -2.37. The quantitative estimate of drug-likeness (QED) is 0.246. The molecule has 238 valence electrons. The Hall–Kier alpha value is -5.06. The first-order valence-corrected chi connectivity index (χ1v) is 14.7. The van der Waals surface area contributed by atoms with Crippen molar-refractivity contribution in [3.8, 4) is 28.4 Å². The van der Waals surface area contributed by atoms with Crippen molar-refractivity contribution in [2.45, 2.75) is 52.1 Å². The van der Waals surface area contributed by atoms with Crippen molar-refractivity contribution < 1.29 is 28.6 Å². The molecule has 0 aliphatic heterocycles. The van der Waals surface area contributed by atoms with Gasteiger partial charge in [0.1, 0.15) is 6.04 Å². The van der Waals surface area contributed by atoms with Crippen molar-refractivity contribution in [2.24, 2.45) is 11.7 Å². The fourth-order valence-corrected chi connectivity index (χ4v) is 5.66. The first-order chi connectivity index (χ1) is 21.5. The maximum Gasteiger partial charge on any atom is 0.248 e. The fourth-order valence-electron chi connectivity index (χ4n) is 5.66. The lowest BCUT2D eigenvalue weighted by Gasteiger charge is -2.20. The SMILES string of the molecule is COc1cc2c(c(OC)c1OC)-c1ccc(N[C@H](CC(C)C)C(=O)Nc3ccc(C(N)=O)cc3)c(=O)cc1[C@H](NC(C)=O)CC2. The molecule has 1 aliphatic carbocycles. The zero-order valence-corrected chi connectivity index (χ0v) is 26.4. The van der Waals surface area contributed by atoms with Gasteiger partial charge in [0.15, 0.2) is 11.5 Å². The summed E-state index contributed by atoms with van der Waals surface area (Å²) in [6.45, 7) is 5.41. The Labute approximate surface area is 262 Å². The Morgan fingerprint density at radius 2 is 1.64 bits per heavy atom. The van der Waals surface area contributed by atoms with Gasteiger partial charge in [-0.15, -0.1) is 0 Å². The average Bonchev–Trinajstić information content (AvgIpc) is 3.24. The summed E-state index contributed by atoms with van der Waals surface area (Å²) in [5, 5.41) is 9.03. The zero-order chi connectivity index (χ0) is 32.8. The van der Waals surface area contributed by atoms with E-state index in [1.165, 1.54) is 32.2 Å². The Balaban J connectivity index is 1.81. The summed E-state index contributed by atoms with van der Waals surface area (Å²) < 4.78 is 17.1. The Bertz CT molecular complexity index is 1650. The van der Waals surface area contributed by atoms with Crippen molar-refractivity contribution in [2.75, 3.05) is 32.0 Å². The van der Waals surface area contributed by atoms with Crippen LogP contribution in [0.2, 0.25) is 0 Å². The highest BCUT2D eigenvalue weighted by Crippen LogP contribution is 2.50. The van der Waals surface area contributed by atoms with Gasteiger partial charge in [-0.1, -0.05) is 19.9 Å². The van der Waals surface area contributed by atoms with Crippen molar-refractivity contribution in [1.29, 1.82) is 0 Å². The van der Waals surface area contributed by atoms with Crippen LogP contribution in [0, 0.1) is 5.92 Å². The van der Waals surface area contributed by atoms with Crippen molar-refractivity contribution in [1.82, 2.24) is 5.32 Å². The molecule has 11 heteroatoms. The predicted molar refractivity (Wildman–Crippen MR) is 173 cm³/mol. The minimum absolute atomic E-state index is 0.123. The Kier molecular flexibility index (Phi) is 10.3. The molecular formula is C34H40N4O7. The summed E-state index contributed by atoms with van der Waals surface area (Å²) in [5.74, 6) is 0.349. The zero-order valence-electron chi connectivity index (χ0n) is 26.4. The van der Waals surface area contributed by atoms with Gasteiger partial charge >= 0.3 is 0 Å². The number of ether oxygens (including phenoxy) is 3. The molecule has 0 bridgehead atoms. The molecule has 3 aromatic rings. The minimum Gasteiger partial charge on any atom is -0.493 e. The van der Waals surface area contributed by atoms with Crippen LogP contribution in [0.1, 0.15) is 61.1 Å². The predicted octanol–water partition coefficient (Wildman–Crippen LogP) is 4.43. The molecule has 0 unspecified atom stereocenters. The topological polar surface area (TPSA) is 158 Å². The second-order valence-corrected chi connectivity index (χ2v) is 11.4. The maximum absolute atomic E-state index is 13.8. The van der Waals surface area contributed by atoms with Gasteiger partial charge in [0.2, 0.25) is 28.9 Å². The van der Waals surface area contributed by atoms with E-state index in [0.717, 1.165) is 11.1 Å². The van der Waals surface area contributed by atoms with Crippen LogP contribution in [-0.4, -0.2) is 45.1 Å². The number of carbonyl (C=O) groups excluding carboxylic acids is 3. The number of aryl methyl sites for hydroxylation is 1. The third-order valence-corrected chi connectivity index (χ3v) is 7.71. The van der Waals surface area contributed by atoms with Crippen LogP contribution in [0.5, 0.6) is 17.2 Å². The molecule has 0 heterocycles. The van der Waals surface area contributed by atoms with E-state index in [4.69, 9.17) is 19.9 Å². The third-order valence-electron chi connectivity index (χ3n) is 7.71. The Morgan fingerprint density at radius 1 is 0.956 bits per heavy atom. The van der Waals surface area contributed by atoms with Crippen LogP contribution >= 0.6 is 0 Å². The van der Waals surface area contributed by atoms with E-state index in [1.807, 2.05) is 19.9 Å². The van der Waals surface area contributed by atoms with E-state index in [0.29, 0.717) is 58.9 Å². The molecule has 0 saturated carbocycles. The summed E-state index contributed by atoms with van der Waals surface area (Å²) in [6, 6.07) is 11.9. The van der Waals surface area contributed by atoms with Gasteiger partial charge in [-0.3, -0.25) is 19.2 Å². The first-order valence-electron chi connectivity index (χ1n) is 14.7. The number of anilines is 2. The molecule has 1 aliphatic rings. The normalized spacial score (nSPS) is 14.2. The second-order valence-electron chi connectivity index (χ2n) is 11.4. The molecule has 0 aromatic heterocycles. The number of rotatable bonds is 11. The van der Waals surface area contributed by atoms with Crippen LogP contribution < -0.4 is 41.3 Å². The third kappa shape index (κ3) is 7.36. The standard InChI is InChI=1S/C34H40N4O7/c1-18(2)15-27(34(42)37-22-10-7-20(8-11-22)33(35)41)38-26-14-12-23-24(17-28(26)40)25(36-19(3)39)13-9-21-16-29(43-4)31(44-5)32(45-6)30(21)23/h7-8,10-12,14,16-18,25,27H,9,13,15H2,1-6H3,(H2,35,41)(H,36,39)(H,37,42)(H,38,40)/t25-,27-/m1/s1. The van der Waals surface area contributed by atoms with Gasteiger partial charge in [-0.05, 0) is 84.3 Å². The maximum atomic E-state index is 13.8. The largest absolute Gasteiger partial charge is 0.493 e. The van der Waals surface area contributed by atoms with Gasteiger partial charge in [0, 0.05) is 23.7 Å². The highest BCUT2D eigenvalue weighted by Gasteiger charge is 2.30. The van der Waals surface area contributed by atoms with E-state index in [-0.39, 0.29) is 28.8 Å². The number of benzene rings is 2. The van der Waals surface area contributed by atoms with E-state index in [1.54, 1.807) is 38.5 Å². The number of primary amides is 1. The van der Waals surface area contributed by atoms with Crippen LogP contribution in [0.4, 0.5) is 11.4 Å². The number of hydrogen-bond donors (Lipinski definition) is 4. The number of fused-ring (bicyclic) bond motifs is 3. The van der Waals surface area contributed by atoms with E-state index in [2.05, 4.69) is 16.0 Å². The number of amides is 3. The number of nitrogens with one attached hydrogen (secondary N) is 3. The highest BCUT2D eigenvalue weighted by atomic mass is 16.5. The number of carbonyl (C=O) groups is 3. The molecule has 0 saturated heterocycles. The minimum atomic E-state index is -0.756. The van der Waals surface area contributed by atoms with Crippen LogP contribution in [-0.2, 0) is 16.0 Å². The van der Waals surface area contributed by atoms with E-state index < -0.39 is 18.0 Å². The molecule has 3 amide bonds. The number of hydrogen-bond acceptors (Lipinski definition) is 8. The van der Waals surface area contributed by atoms with Gasteiger partial charge < -0.3 is 35.9 Å². The first kappa shape index (κ1) is 32.8. The monoisotopic (exact) mass is 616 g/mol. The van der Waals surface area contributed by atoms with E-state index >= 15 is 0 Å². The van der Waals surface area contributed by atoms with Crippen molar-refractivity contribution >= 4 is 29.1 Å². The summed E-state index contributed by atoms with van der Waals surface area (Å²) in [6.07, 6.45) is 1.54. The average molecular weight is 617 g/mol.